The number of benzene rings is 2. The third-order valence-corrected chi connectivity index (χ3v) is 4.13. The molecule has 0 amide bonds. The molecule has 0 spiro atoms. The fourth-order valence-corrected chi connectivity index (χ4v) is 2.77. The quantitative estimate of drug-likeness (QED) is 0.722. The second-order valence-electron chi connectivity index (χ2n) is 6.07. The van der Waals surface area contributed by atoms with Crippen LogP contribution in [0.4, 0.5) is 5.69 Å². The average Bonchev–Trinajstić information content (AvgIpc) is 2.85. The molecule has 2 aromatic carbocycles. The fourth-order valence-electron chi connectivity index (χ4n) is 2.77. The maximum absolute atomic E-state index is 12.8. The number of rotatable bonds is 3. The summed E-state index contributed by atoms with van der Waals surface area (Å²) in [6.45, 7) is 7.82. The highest BCUT2D eigenvalue weighted by Crippen LogP contribution is 2.19. The van der Waals surface area contributed by atoms with Crippen LogP contribution in [0.1, 0.15) is 29.3 Å². The van der Waals surface area contributed by atoms with E-state index < -0.39 is 0 Å². The van der Waals surface area contributed by atoms with Crippen LogP contribution in [0, 0.1) is 20.8 Å². The Morgan fingerprint density at radius 3 is 2.33 bits per heavy atom. The highest BCUT2D eigenvalue weighted by molar-refractivity contribution is 6.01. The molecule has 0 atom stereocenters. The Labute approximate surface area is 141 Å². The Morgan fingerprint density at radius 2 is 1.67 bits per heavy atom. The van der Waals surface area contributed by atoms with Crippen molar-refractivity contribution in [1.29, 1.82) is 0 Å². The first kappa shape index (κ1) is 16.0. The van der Waals surface area contributed by atoms with Gasteiger partial charge in [0.2, 0.25) is 0 Å². The van der Waals surface area contributed by atoms with Gasteiger partial charge in [-0.1, -0.05) is 35.9 Å². The van der Waals surface area contributed by atoms with Crippen LogP contribution in [0.2, 0.25) is 0 Å². The van der Waals surface area contributed by atoms with E-state index in [0.29, 0.717) is 11.3 Å². The molecular weight excluding hydrogens is 298 g/mol. The number of hydrogen-bond acceptors (Lipinski definition) is 2. The Bertz CT molecular complexity index is 959. The highest BCUT2D eigenvalue weighted by atomic mass is 16.1. The molecule has 3 rings (SSSR count). The zero-order chi connectivity index (χ0) is 17.3. The summed E-state index contributed by atoms with van der Waals surface area (Å²) in [6.07, 6.45) is 0. The van der Waals surface area contributed by atoms with Gasteiger partial charge in [-0.05, 0) is 51.5 Å². The lowest BCUT2D eigenvalue weighted by Crippen LogP contribution is -2.19. The van der Waals surface area contributed by atoms with Crippen molar-refractivity contribution >= 4 is 11.4 Å². The lowest BCUT2D eigenvalue weighted by Gasteiger charge is -2.02. The monoisotopic (exact) mass is 319 g/mol. The molecule has 122 valence electrons. The van der Waals surface area contributed by atoms with E-state index in [2.05, 4.69) is 10.1 Å². The van der Waals surface area contributed by atoms with Crippen molar-refractivity contribution in [1.82, 2.24) is 9.78 Å². The molecule has 0 fully saturated rings. The zero-order valence-corrected chi connectivity index (χ0v) is 14.4. The summed E-state index contributed by atoms with van der Waals surface area (Å²) in [5, 5.41) is 3.15. The van der Waals surface area contributed by atoms with Gasteiger partial charge in [0.25, 0.3) is 5.56 Å². The van der Waals surface area contributed by atoms with E-state index in [4.69, 9.17) is 0 Å². The van der Waals surface area contributed by atoms with Crippen LogP contribution in [-0.4, -0.2) is 15.5 Å². The normalized spacial score (nSPS) is 11.8. The molecule has 1 N–H and O–H groups in total. The van der Waals surface area contributed by atoms with Crippen molar-refractivity contribution in [2.45, 2.75) is 27.7 Å². The standard InChI is InChI=1S/C20H21N3O/c1-13-9-11-17(12-10-13)23-20(24)19(16(4)22-23)15(3)21-18-8-6-5-7-14(18)2/h5-12,22H,1-4H3. The molecule has 1 heterocycles. The van der Waals surface area contributed by atoms with Gasteiger partial charge in [-0.2, -0.15) is 0 Å². The Morgan fingerprint density at radius 1 is 1.00 bits per heavy atom. The molecule has 0 radical (unpaired) electrons. The minimum absolute atomic E-state index is 0.0776. The molecule has 0 saturated heterocycles. The SMILES string of the molecule is CC(=Nc1ccccc1C)c1c(C)[nH]n(-c2ccc(C)cc2)c1=O. The van der Waals surface area contributed by atoms with Gasteiger partial charge < -0.3 is 0 Å². The second-order valence-corrected chi connectivity index (χ2v) is 6.07. The molecule has 0 unspecified atom stereocenters. The molecule has 0 aliphatic rings. The summed E-state index contributed by atoms with van der Waals surface area (Å²) in [6, 6.07) is 15.8. The molecule has 4 heteroatoms. The van der Waals surface area contributed by atoms with Gasteiger partial charge in [0.05, 0.1) is 22.6 Å². The summed E-state index contributed by atoms with van der Waals surface area (Å²) in [7, 11) is 0. The topological polar surface area (TPSA) is 50.1 Å². The van der Waals surface area contributed by atoms with Crippen molar-refractivity contribution in [3.63, 3.8) is 0 Å². The van der Waals surface area contributed by atoms with Crippen LogP contribution < -0.4 is 5.56 Å². The Kier molecular flexibility index (Phi) is 4.21. The fraction of sp³-hybridized carbons (Fsp3) is 0.200. The van der Waals surface area contributed by atoms with Crippen molar-refractivity contribution in [3.05, 3.63) is 81.3 Å². The van der Waals surface area contributed by atoms with Crippen LogP contribution in [-0.2, 0) is 0 Å². The first-order valence-electron chi connectivity index (χ1n) is 7.97. The number of aryl methyl sites for hydroxylation is 3. The molecule has 3 aromatic rings. The first-order chi connectivity index (χ1) is 11.5. The van der Waals surface area contributed by atoms with E-state index in [9.17, 15) is 4.79 Å². The maximum Gasteiger partial charge on any atom is 0.280 e. The molecular formula is C20H21N3O. The molecule has 0 aliphatic carbocycles. The number of nitrogens with one attached hydrogen (secondary N) is 1. The number of H-pyrrole nitrogens is 1. The third-order valence-electron chi connectivity index (χ3n) is 4.13. The predicted octanol–water partition coefficient (Wildman–Crippen LogP) is 4.23. The van der Waals surface area contributed by atoms with Crippen LogP contribution >= 0.6 is 0 Å². The van der Waals surface area contributed by atoms with E-state index in [0.717, 1.165) is 28.2 Å². The maximum atomic E-state index is 12.8. The number of para-hydroxylation sites is 1. The molecule has 4 nitrogen and oxygen atoms in total. The summed E-state index contributed by atoms with van der Waals surface area (Å²) in [5.74, 6) is 0. The van der Waals surface area contributed by atoms with Crippen molar-refractivity contribution in [2.75, 3.05) is 0 Å². The Hall–Kier alpha value is -2.88. The van der Waals surface area contributed by atoms with Gasteiger partial charge in [-0.15, -0.1) is 0 Å². The number of aromatic amines is 1. The van der Waals surface area contributed by atoms with Gasteiger partial charge in [-0.3, -0.25) is 14.9 Å². The molecule has 0 bridgehead atoms. The van der Waals surface area contributed by atoms with Crippen LogP contribution in [0.3, 0.4) is 0 Å². The predicted molar refractivity (Wildman–Crippen MR) is 98.9 cm³/mol. The lowest BCUT2D eigenvalue weighted by atomic mass is 10.1. The minimum Gasteiger partial charge on any atom is -0.295 e. The number of nitrogens with zero attached hydrogens (tertiary/aromatic N) is 2. The van der Waals surface area contributed by atoms with E-state index in [-0.39, 0.29) is 5.56 Å². The first-order valence-corrected chi connectivity index (χ1v) is 7.97. The molecule has 1 aromatic heterocycles. The second kappa shape index (κ2) is 6.32. The van der Waals surface area contributed by atoms with Gasteiger partial charge >= 0.3 is 0 Å². The van der Waals surface area contributed by atoms with E-state index in [1.54, 1.807) is 4.68 Å². The highest BCUT2D eigenvalue weighted by Gasteiger charge is 2.15. The van der Waals surface area contributed by atoms with E-state index in [1.165, 1.54) is 0 Å². The number of aliphatic imine (C=N–C) groups is 1. The molecule has 0 aliphatic heterocycles. The van der Waals surface area contributed by atoms with Crippen molar-refractivity contribution in [2.24, 2.45) is 4.99 Å². The third kappa shape index (κ3) is 2.95. The lowest BCUT2D eigenvalue weighted by molar-refractivity contribution is 0.835. The smallest absolute Gasteiger partial charge is 0.280 e. The van der Waals surface area contributed by atoms with Crippen LogP contribution in [0.25, 0.3) is 5.69 Å². The minimum atomic E-state index is -0.0776. The van der Waals surface area contributed by atoms with Crippen LogP contribution in [0.5, 0.6) is 0 Å². The van der Waals surface area contributed by atoms with Gasteiger partial charge in [-0.25, -0.2) is 4.68 Å². The van der Waals surface area contributed by atoms with Crippen LogP contribution in [0.15, 0.2) is 58.3 Å². The van der Waals surface area contributed by atoms with E-state index in [1.807, 2.05) is 76.2 Å². The largest absolute Gasteiger partial charge is 0.295 e. The summed E-state index contributed by atoms with van der Waals surface area (Å²) in [5.41, 5.74) is 6.03. The molecule has 24 heavy (non-hydrogen) atoms. The zero-order valence-electron chi connectivity index (χ0n) is 14.4. The van der Waals surface area contributed by atoms with Gasteiger partial charge in [0.15, 0.2) is 0 Å². The average molecular weight is 319 g/mol. The van der Waals surface area contributed by atoms with Crippen molar-refractivity contribution < 1.29 is 0 Å². The number of aromatic nitrogens is 2. The van der Waals surface area contributed by atoms with E-state index >= 15 is 0 Å². The van der Waals surface area contributed by atoms with Gasteiger partial charge in [0, 0.05) is 5.69 Å². The summed E-state index contributed by atoms with van der Waals surface area (Å²) in [4.78, 5) is 17.5. The summed E-state index contributed by atoms with van der Waals surface area (Å²) < 4.78 is 1.57. The van der Waals surface area contributed by atoms with Crippen molar-refractivity contribution in [3.8, 4) is 5.69 Å². The van der Waals surface area contributed by atoms with Gasteiger partial charge in [0.1, 0.15) is 0 Å². The summed E-state index contributed by atoms with van der Waals surface area (Å²) >= 11 is 0. The Balaban J connectivity index is 2.08. The molecule has 0 saturated carbocycles. The number of hydrogen-bond donors (Lipinski definition) is 1.